The lowest BCUT2D eigenvalue weighted by Gasteiger charge is -2.08. The van der Waals surface area contributed by atoms with Gasteiger partial charge in [0, 0.05) is 23.6 Å². The van der Waals surface area contributed by atoms with Crippen molar-refractivity contribution in [1.82, 2.24) is 0 Å². The summed E-state index contributed by atoms with van der Waals surface area (Å²) in [6.45, 7) is 0. The van der Waals surface area contributed by atoms with Crippen molar-refractivity contribution in [3.63, 3.8) is 0 Å². The Morgan fingerprint density at radius 3 is 1.70 bits per heavy atom. The minimum Gasteiger partial charge on any atom is -1.00 e. The zero-order valence-electron chi connectivity index (χ0n) is 12.4. The van der Waals surface area contributed by atoms with Gasteiger partial charge in [-0.15, -0.1) is 0 Å². The molecule has 0 fully saturated rings. The standard InChI is InChI=1S/C21H14N.BrH/c1-3-10-18-16(8-1)17-9-2-4-11-19(17)21-14-22-12-6-5-7-15(22)13-20(18)21;/h1-14H;1H/q+1;/p-1. The van der Waals surface area contributed by atoms with Crippen molar-refractivity contribution >= 4 is 37.8 Å². The van der Waals surface area contributed by atoms with Crippen molar-refractivity contribution in [1.29, 1.82) is 0 Å². The fourth-order valence-corrected chi connectivity index (χ4v) is 3.49. The number of hydrogen-bond acceptors (Lipinski definition) is 0. The summed E-state index contributed by atoms with van der Waals surface area (Å²) in [4.78, 5) is 0. The average Bonchev–Trinajstić information content (AvgIpc) is 2.61. The summed E-state index contributed by atoms with van der Waals surface area (Å²) in [7, 11) is 0. The van der Waals surface area contributed by atoms with Crippen molar-refractivity contribution in [3.8, 4) is 0 Å². The van der Waals surface area contributed by atoms with Crippen LogP contribution >= 0.6 is 0 Å². The highest BCUT2D eigenvalue weighted by Gasteiger charge is 2.12. The van der Waals surface area contributed by atoms with E-state index in [-0.39, 0.29) is 17.0 Å². The first-order valence-corrected chi connectivity index (χ1v) is 7.55. The Kier molecular flexibility index (Phi) is 3.28. The highest BCUT2D eigenvalue weighted by atomic mass is 79.9. The first kappa shape index (κ1) is 14.2. The van der Waals surface area contributed by atoms with Gasteiger partial charge < -0.3 is 17.0 Å². The average molecular weight is 360 g/mol. The molecular formula is C21H14BrN. The van der Waals surface area contributed by atoms with E-state index < -0.39 is 0 Å². The van der Waals surface area contributed by atoms with Gasteiger partial charge in [-0.1, -0.05) is 48.5 Å². The number of hydrogen-bond donors (Lipinski definition) is 0. The molecule has 0 saturated heterocycles. The van der Waals surface area contributed by atoms with Gasteiger partial charge in [0.05, 0.1) is 5.39 Å². The molecule has 1 nitrogen and oxygen atoms in total. The molecule has 0 aliphatic carbocycles. The molecule has 0 aliphatic rings. The van der Waals surface area contributed by atoms with Crippen molar-refractivity contribution in [3.05, 3.63) is 85.2 Å². The SMILES string of the molecule is [Br-].c1ccc2c(c1)c1ccccc1c1c[n+]3ccccc3cc21. The van der Waals surface area contributed by atoms with E-state index in [1.165, 1.54) is 37.8 Å². The number of fused-ring (bicyclic) bond motifs is 7. The fraction of sp³-hybridized carbons (Fsp3) is 0. The van der Waals surface area contributed by atoms with Gasteiger partial charge in [-0.05, 0) is 27.6 Å². The zero-order chi connectivity index (χ0) is 14.5. The molecule has 0 radical (unpaired) electrons. The lowest BCUT2D eigenvalue weighted by molar-refractivity contribution is -0.510. The van der Waals surface area contributed by atoms with Crippen molar-refractivity contribution < 1.29 is 21.4 Å². The number of aromatic nitrogens is 1. The molecule has 0 unspecified atom stereocenters. The Morgan fingerprint density at radius 1 is 0.522 bits per heavy atom. The lowest BCUT2D eigenvalue weighted by Crippen LogP contribution is -3.00. The summed E-state index contributed by atoms with van der Waals surface area (Å²) >= 11 is 0. The van der Waals surface area contributed by atoms with Crippen LogP contribution in [0.25, 0.3) is 37.8 Å². The monoisotopic (exact) mass is 359 g/mol. The molecule has 2 heterocycles. The zero-order valence-corrected chi connectivity index (χ0v) is 14.0. The molecule has 0 atom stereocenters. The third-order valence-electron chi connectivity index (χ3n) is 4.50. The Balaban J connectivity index is 0.00000135. The van der Waals surface area contributed by atoms with Crippen LogP contribution in [0.1, 0.15) is 0 Å². The van der Waals surface area contributed by atoms with Crippen LogP contribution in [0.15, 0.2) is 85.2 Å². The molecule has 0 N–H and O–H groups in total. The first-order valence-electron chi connectivity index (χ1n) is 7.55. The first-order chi connectivity index (χ1) is 10.9. The number of benzene rings is 3. The predicted molar refractivity (Wildman–Crippen MR) is 92.1 cm³/mol. The minimum atomic E-state index is 0. The third-order valence-corrected chi connectivity index (χ3v) is 4.50. The molecule has 2 heteroatoms. The molecule has 2 aromatic heterocycles. The van der Waals surface area contributed by atoms with Crippen molar-refractivity contribution in [2.24, 2.45) is 0 Å². The summed E-state index contributed by atoms with van der Waals surface area (Å²) in [5.74, 6) is 0. The smallest absolute Gasteiger partial charge is 0.211 e. The van der Waals surface area contributed by atoms with Crippen LogP contribution in [0.3, 0.4) is 0 Å². The van der Waals surface area contributed by atoms with E-state index in [9.17, 15) is 0 Å². The van der Waals surface area contributed by atoms with E-state index >= 15 is 0 Å². The summed E-state index contributed by atoms with van der Waals surface area (Å²) < 4.78 is 2.20. The quantitative estimate of drug-likeness (QED) is 0.226. The summed E-state index contributed by atoms with van der Waals surface area (Å²) in [6.07, 6.45) is 4.36. The van der Waals surface area contributed by atoms with E-state index in [1.807, 2.05) is 0 Å². The fourth-order valence-electron chi connectivity index (χ4n) is 3.49. The maximum atomic E-state index is 2.30. The van der Waals surface area contributed by atoms with Gasteiger partial charge in [-0.2, -0.15) is 4.40 Å². The molecule has 110 valence electrons. The number of pyridine rings is 2. The summed E-state index contributed by atoms with van der Waals surface area (Å²) in [5, 5.41) is 7.91. The highest BCUT2D eigenvalue weighted by molar-refractivity contribution is 6.25. The van der Waals surface area contributed by atoms with E-state index in [4.69, 9.17) is 0 Å². The normalized spacial score (nSPS) is 11.1. The van der Waals surface area contributed by atoms with Gasteiger partial charge in [-0.3, -0.25) is 0 Å². The second-order valence-corrected chi connectivity index (χ2v) is 5.72. The Bertz CT molecular complexity index is 1080. The number of halogens is 1. The molecule has 5 aromatic rings. The van der Waals surface area contributed by atoms with Crippen LogP contribution in [0.5, 0.6) is 0 Å². The molecule has 0 spiro atoms. The van der Waals surface area contributed by atoms with E-state index in [1.54, 1.807) is 0 Å². The summed E-state index contributed by atoms with van der Waals surface area (Å²) in [5.41, 5.74) is 1.22. The molecule has 0 saturated carbocycles. The number of nitrogens with zero attached hydrogens (tertiary/aromatic N) is 1. The largest absolute Gasteiger partial charge is 1.00 e. The van der Waals surface area contributed by atoms with Crippen LogP contribution < -0.4 is 21.4 Å². The molecule has 0 bridgehead atoms. The summed E-state index contributed by atoms with van der Waals surface area (Å²) in [6, 6.07) is 26.0. The maximum Gasteiger partial charge on any atom is 0.211 e. The number of rotatable bonds is 0. The van der Waals surface area contributed by atoms with Gasteiger partial charge >= 0.3 is 0 Å². The predicted octanol–water partition coefficient (Wildman–Crippen LogP) is 1.89. The van der Waals surface area contributed by atoms with Crippen molar-refractivity contribution in [2.75, 3.05) is 0 Å². The Hall–Kier alpha value is -2.45. The second kappa shape index (κ2) is 5.32. The van der Waals surface area contributed by atoms with Crippen LogP contribution in [-0.2, 0) is 0 Å². The van der Waals surface area contributed by atoms with E-state index in [0.717, 1.165) is 0 Å². The molecule has 23 heavy (non-hydrogen) atoms. The van der Waals surface area contributed by atoms with E-state index in [0.29, 0.717) is 0 Å². The highest BCUT2D eigenvalue weighted by Crippen LogP contribution is 2.34. The molecule has 3 aromatic carbocycles. The van der Waals surface area contributed by atoms with Gasteiger partial charge in [0.2, 0.25) is 5.52 Å². The van der Waals surface area contributed by atoms with Crippen LogP contribution in [0, 0.1) is 0 Å². The van der Waals surface area contributed by atoms with Crippen LogP contribution in [-0.4, -0.2) is 0 Å². The van der Waals surface area contributed by atoms with Gasteiger partial charge in [-0.25, -0.2) is 0 Å². The van der Waals surface area contributed by atoms with Gasteiger partial charge in [0.1, 0.15) is 0 Å². The van der Waals surface area contributed by atoms with Crippen molar-refractivity contribution in [2.45, 2.75) is 0 Å². The molecule has 0 amide bonds. The van der Waals surface area contributed by atoms with E-state index in [2.05, 4.69) is 89.6 Å². The lowest BCUT2D eigenvalue weighted by atomic mass is 9.95. The molecule has 0 aliphatic heterocycles. The van der Waals surface area contributed by atoms with Gasteiger partial charge in [0.25, 0.3) is 0 Å². The molecular weight excluding hydrogens is 346 g/mol. The third kappa shape index (κ3) is 2.02. The van der Waals surface area contributed by atoms with Gasteiger partial charge in [0.15, 0.2) is 12.4 Å². The minimum absolute atomic E-state index is 0. The Morgan fingerprint density at radius 2 is 1.04 bits per heavy atom. The topological polar surface area (TPSA) is 4.10 Å². The van der Waals surface area contributed by atoms with Crippen LogP contribution in [0.2, 0.25) is 0 Å². The molecule has 5 rings (SSSR count). The van der Waals surface area contributed by atoms with Crippen LogP contribution in [0.4, 0.5) is 0 Å². The second-order valence-electron chi connectivity index (χ2n) is 5.72. The Labute approximate surface area is 144 Å². The maximum absolute atomic E-state index is 2.30.